The topological polar surface area (TPSA) is 115 Å². The summed E-state index contributed by atoms with van der Waals surface area (Å²) in [4.78, 5) is 45.4. The quantitative estimate of drug-likeness (QED) is 0.545. The summed E-state index contributed by atoms with van der Waals surface area (Å²) in [6, 6.07) is 6.34. The van der Waals surface area contributed by atoms with Gasteiger partial charge in [0.25, 0.3) is 17.7 Å². The number of ether oxygens (including phenoxy) is 2. The first kappa shape index (κ1) is 25.8. The van der Waals surface area contributed by atoms with Crippen LogP contribution in [0.4, 0.5) is 4.79 Å². The molecule has 3 heterocycles. The van der Waals surface area contributed by atoms with Crippen LogP contribution in [0.5, 0.6) is 0 Å². The molecule has 10 heteroatoms. The van der Waals surface area contributed by atoms with E-state index in [0.29, 0.717) is 42.2 Å². The number of carbonyl (C=O) groups excluding carboxylic acids is 3. The molecule has 1 aromatic carbocycles. The monoisotopic (exact) mass is 498 g/mol. The van der Waals surface area contributed by atoms with Crippen molar-refractivity contribution in [2.75, 3.05) is 13.2 Å². The molecule has 2 aliphatic rings. The van der Waals surface area contributed by atoms with Gasteiger partial charge in [0.1, 0.15) is 12.2 Å². The zero-order valence-corrected chi connectivity index (χ0v) is 21.7. The van der Waals surface area contributed by atoms with Gasteiger partial charge in [-0.2, -0.15) is 4.98 Å². The molecule has 2 aliphatic heterocycles. The molecule has 3 amide bonds. The van der Waals surface area contributed by atoms with E-state index in [1.807, 2.05) is 34.6 Å². The smallest absolute Gasteiger partial charge is 0.410 e. The molecule has 0 N–H and O–H groups in total. The molecule has 2 aromatic rings. The van der Waals surface area contributed by atoms with Gasteiger partial charge in [0, 0.05) is 18.0 Å². The minimum absolute atomic E-state index is 0.0356. The lowest BCUT2D eigenvalue weighted by molar-refractivity contribution is -0.00985. The lowest BCUT2D eigenvalue weighted by Crippen LogP contribution is -2.53. The number of likely N-dealkylation sites (tertiary alicyclic amines) is 1. The van der Waals surface area contributed by atoms with Gasteiger partial charge < -0.3 is 18.9 Å². The van der Waals surface area contributed by atoms with Gasteiger partial charge in [0.2, 0.25) is 0 Å². The summed E-state index contributed by atoms with van der Waals surface area (Å²) in [5, 5.41) is 4.14. The van der Waals surface area contributed by atoms with Crippen LogP contribution < -0.4 is 0 Å². The first-order valence-electron chi connectivity index (χ1n) is 12.2. The largest absolute Gasteiger partial charge is 0.444 e. The van der Waals surface area contributed by atoms with E-state index in [9.17, 15) is 14.4 Å². The van der Waals surface area contributed by atoms with Crippen LogP contribution in [0.25, 0.3) is 0 Å². The van der Waals surface area contributed by atoms with Crippen LogP contribution in [0.15, 0.2) is 28.8 Å². The van der Waals surface area contributed by atoms with Gasteiger partial charge in [-0.3, -0.25) is 14.5 Å². The Kier molecular flexibility index (Phi) is 6.92. The molecule has 1 fully saturated rings. The normalized spacial score (nSPS) is 20.4. The zero-order valence-electron chi connectivity index (χ0n) is 21.7. The number of carbonyl (C=O) groups is 3. The highest BCUT2D eigenvalue weighted by Crippen LogP contribution is 2.37. The maximum Gasteiger partial charge on any atom is 0.410 e. The first-order valence-corrected chi connectivity index (χ1v) is 12.2. The minimum atomic E-state index is -0.552. The Labute approximate surface area is 210 Å². The SMILES string of the molecule is CC(COCc1nc(C2CCN(C(=O)OC(C)(C)C)C(C)(C)C2)no1)N1C(=O)c2ccccc2C1=O. The Morgan fingerprint density at radius 2 is 1.83 bits per heavy atom. The Morgan fingerprint density at radius 1 is 1.19 bits per heavy atom. The van der Waals surface area contributed by atoms with Crippen LogP contribution in [0.1, 0.15) is 92.7 Å². The summed E-state index contributed by atoms with van der Waals surface area (Å²) >= 11 is 0. The van der Waals surface area contributed by atoms with Crippen LogP contribution in [-0.4, -0.2) is 68.2 Å². The molecule has 0 spiro atoms. The number of fused-ring (bicyclic) bond motifs is 1. The molecule has 0 saturated carbocycles. The Hall–Kier alpha value is -3.27. The summed E-state index contributed by atoms with van der Waals surface area (Å²) in [5.41, 5.74) is -0.151. The number of piperidine rings is 1. The lowest BCUT2D eigenvalue weighted by atomic mass is 9.82. The first-order chi connectivity index (χ1) is 16.9. The van der Waals surface area contributed by atoms with Gasteiger partial charge in [-0.1, -0.05) is 17.3 Å². The van der Waals surface area contributed by atoms with Crippen molar-refractivity contribution in [1.82, 2.24) is 19.9 Å². The summed E-state index contributed by atoms with van der Waals surface area (Å²) in [6.45, 7) is 12.1. The number of benzene rings is 1. The number of imide groups is 1. The van der Waals surface area contributed by atoms with Gasteiger partial charge in [-0.15, -0.1) is 0 Å². The molecular weight excluding hydrogens is 464 g/mol. The van der Waals surface area contributed by atoms with Crippen LogP contribution in [0.3, 0.4) is 0 Å². The highest BCUT2D eigenvalue weighted by atomic mass is 16.6. The van der Waals surface area contributed by atoms with Gasteiger partial charge in [-0.05, 0) is 66.5 Å². The number of amides is 3. The lowest BCUT2D eigenvalue weighted by Gasteiger charge is -2.44. The summed E-state index contributed by atoms with van der Waals surface area (Å²) < 4.78 is 16.7. The molecule has 2 atom stereocenters. The molecule has 0 radical (unpaired) electrons. The fourth-order valence-electron chi connectivity index (χ4n) is 4.77. The van der Waals surface area contributed by atoms with E-state index in [-0.39, 0.29) is 37.0 Å². The van der Waals surface area contributed by atoms with Gasteiger partial charge in [0.05, 0.1) is 23.8 Å². The van der Waals surface area contributed by atoms with Gasteiger partial charge in [-0.25, -0.2) is 4.79 Å². The fraction of sp³-hybridized carbons (Fsp3) is 0.577. The van der Waals surface area contributed by atoms with E-state index >= 15 is 0 Å². The maximum absolute atomic E-state index is 12.6. The number of aromatic nitrogens is 2. The Morgan fingerprint density at radius 3 is 2.42 bits per heavy atom. The predicted octanol–water partition coefficient (Wildman–Crippen LogP) is 4.16. The minimum Gasteiger partial charge on any atom is -0.444 e. The third kappa shape index (κ3) is 5.28. The highest BCUT2D eigenvalue weighted by Gasteiger charge is 2.41. The van der Waals surface area contributed by atoms with Crippen molar-refractivity contribution >= 4 is 17.9 Å². The molecule has 0 bridgehead atoms. The van der Waals surface area contributed by atoms with Crippen molar-refractivity contribution in [2.24, 2.45) is 0 Å². The average molecular weight is 499 g/mol. The second kappa shape index (κ2) is 9.65. The van der Waals surface area contributed by atoms with Crippen LogP contribution in [0.2, 0.25) is 0 Å². The molecule has 1 aromatic heterocycles. The van der Waals surface area contributed by atoms with E-state index in [1.54, 1.807) is 36.1 Å². The second-order valence-corrected chi connectivity index (χ2v) is 11.1. The molecule has 1 saturated heterocycles. The van der Waals surface area contributed by atoms with Crippen molar-refractivity contribution in [1.29, 1.82) is 0 Å². The van der Waals surface area contributed by atoms with Crippen molar-refractivity contribution in [2.45, 2.75) is 84.1 Å². The third-order valence-corrected chi connectivity index (χ3v) is 6.49. The molecule has 194 valence electrons. The number of hydrogen-bond acceptors (Lipinski definition) is 8. The van der Waals surface area contributed by atoms with E-state index in [0.717, 1.165) is 0 Å². The summed E-state index contributed by atoms with van der Waals surface area (Å²) in [5.74, 6) is 0.318. The van der Waals surface area contributed by atoms with E-state index in [4.69, 9.17) is 14.0 Å². The van der Waals surface area contributed by atoms with Crippen molar-refractivity contribution in [3.05, 3.63) is 47.1 Å². The van der Waals surface area contributed by atoms with Crippen LogP contribution in [0, 0.1) is 0 Å². The maximum atomic E-state index is 12.6. The number of nitrogens with zero attached hydrogens (tertiary/aromatic N) is 4. The Bertz CT molecular complexity index is 1120. The molecule has 0 aliphatic carbocycles. The second-order valence-electron chi connectivity index (χ2n) is 11.1. The average Bonchev–Trinajstić information content (AvgIpc) is 3.35. The van der Waals surface area contributed by atoms with Crippen LogP contribution >= 0.6 is 0 Å². The molecule has 10 nitrogen and oxygen atoms in total. The molecule has 36 heavy (non-hydrogen) atoms. The third-order valence-electron chi connectivity index (χ3n) is 6.49. The summed E-state index contributed by atoms with van der Waals surface area (Å²) in [7, 11) is 0. The van der Waals surface area contributed by atoms with Crippen molar-refractivity contribution in [3.63, 3.8) is 0 Å². The zero-order chi connectivity index (χ0) is 26.3. The Balaban J connectivity index is 1.30. The van der Waals surface area contributed by atoms with Crippen molar-refractivity contribution in [3.8, 4) is 0 Å². The van der Waals surface area contributed by atoms with E-state index in [1.165, 1.54) is 4.90 Å². The van der Waals surface area contributed by atoms with Crippen molar-refractivity contribution < 1.29 is 28.4 Å². The molecular formula is C26H34N4O6. The highest BCUT2D eigenvalue weighted by molar-refractivity contribution is 6.21. The molecule has 2 unspecified atom stereocenters. The number of hydrogen-bond donors (Lipinski definition) is 0. The van der Waals surface area contributed by atoms with Gasteiger partial charge in [0.15, 0.2) is 5.82 Å². The van der Waals surface area contributed by atoms with Gasteiger partial charge >= 0.3 is 6.09 Å². The molecule has 4 rings (SSSR count). The fourth-order valence-corrected chi connectivity index (χ4v) is 4.77. The predicted molar refractivity (Wildman–Crippen MR) is 129 cm³/mol. The van der Waals surface area contributed by atoms with E-state index < -0.39 is 17.2 Å². The van der Waals surface area contributed by atoms with E-state index in [2.05, 4.69) is 10.1 Å². The summed E-state index contributed by atoms with van der Waals surface area (Å²) in [6.07, 6.45) is 1.04. The van der Waals surface area contributed by atoms with Crippen LogP contribution in [-0.2, 0) is 16.1 Å². The standard InChI is InChI=1S/C26H34N4O6/c1-16(30-22(31)18-9-7-8-10-19(18)23(30)32)14-34-15-20-27-21(28-36-20)17-11-12-29(26(5,6)13-17)24(33)35-25(2,3)4/h7-10,16-17H,11-15H2,1-6H3. The number of rotatable bonds is 6.